The molecule has 0 aliphatic carbocycles. The Kier molecular flexibility index (Phi) is 3.96. The first-order valence-electron chi connectivity index (χ1n) is 6.20. The van der Waals surface area contributed by atoms with Crippen LogP contribution in [0.4, 0.5) is 0 Å². The first kappa shape index (κ1) is 11.6. The predicted octanol–water partition coefficient (Wildman–Crippen LogP) is 1.97. The van der Waals surface area contributed by atoms with E-state index in [-0.39, 0.29) is 6.10 Å². The van der Waals surface area contributed by atoms with Crippen molar-refractivity contribution in [1.82, 2.24) is 15.1 Å². The molecule has 1 N–H and O–H groups in total. The Morgan fingerprint density at radius 3 is 3.00 bits per heavy atom. The second-order valence-electron chi connectivity index (χ2n) is 4.34. The maximum absolute atomic E-state index is 5.78. The molecule has 1 aromatic rings. The predicted molar refractivity (Wildman–Crippen MR) is 63.2 cm³/mol. The molecule has 0 amide bonds. The molecule has 0 saturated carbocycles. The number of H-pyrrole nitrogens is 1. The van der Waals surface area contributed by atoms with E-state index in [9.17, 15) is 0 Å². The largest absolute Gasteiger partial charge is 0.369 e. The van der Waals surface area contributed by atoms with Gasteiger partial charge in [0, 0.05) is 25.3 Å². The third-order valence-electron chi connectivity index (χ3n) is 3.43. The molecule has 1 aromatic heterocycles. The fourth-order valence-electron chi connectivity index (χ4n) is 2.44. The van der Waals surface area contributed by atoms with Gasteiger partial charge in [-0.1, -0.05) is 13.8 Å². The molecule has 1 atom stereocenters. The van der Waals surface area contributed by atoms with Gasteiger partial charge in [-0.25, -0.2) is 0 Å². The van der Waals surface area contributed by atoms with Crippen LogP contribution in [0.2, 0.25) is 0 Å². The topological polar surface area (TPSA) is 41.1 Å². The van der Waals surface area contributed by atoms with Crippen molar-refractivity contribution in [1.29, 1.82) is 0 Å². The number of nitrogens with one attached hydrogen (secondary N) is 1. The van der Waals surface area contributed by atoms with Gasteiger partial charge in [0.2, 0.25) is 0 Å². The molecule has 1 aliphatic rings. The average Bonchev–Trinajstić information content (AvgIpc) is 2.85. The summed E-state index contributed by atoms with van der Waals surface area (Å²) in [5.41, 5.74) is 1.09. The van der Waals surface area contributed by atoms with Crippen LogP contribution >= 0.6 is 0 Å². The number of hydrogen-bond donors (Lipinski definition) is 1. The van der Waals surface area contributed by atoms with Crippen molar-refractivity contribution < 1.29 is 4.74 Å². The Morgan fingerprint density at radius 2 is 2.38 bits per heavy atom. The Bertz CT molecular complexity index is 295. The number of aromatic nitrogens is 2. The molecular formula is C12H21N3O. The van der Waals surface area contributed by atoms with Crippen molar-refractivity contribution in [3.05, 3.63) is 18.0 Å². The van der Waals surface area contributed by atoms with E-state index in [0.29, 0.717) is 6.04 Å². The number of hydrogen-bond acceptors (Lipinski definition) is 3. The van der Waals surface area contributed by atoms with E-state index in [0.717, 1.165) is 25.4 Å². The van der Waals surface area contributed by atoms with Crippen LogP contribution in [0.5, 0.6) is 0 Å². The third-order valence-corrected chi connectivity index (χ3v) is 3.43. The summed E-state index contributed by atoms with van der Waals surface area (Å²) in [5.74, 6) is 0. The number of aromatic amines is 1. The lowest BCUT2D eigenvalue weighted by Gasteiger charge is -2.37. The highest BCUT2D eigenvalue weighted by Crippen LogP contribution is 2.23. The first-order chi connectivity index (χ1) is 7.85. The lowest BCUT2D eigenvalue weighted by atomic mass is 10.1. The van der Waals surface area contributed by atoms with E-state index in [2.05, 4.69) is 28.9 Å². The molecule has 16 heavy (non-hydrogen) atoms. The van der Waals surface area contributed by atoms with E-state index in [4.69, 9.17) is 4.74 Å². The van der Waals surface area contributed by atoms with Gasteiger partial charge in [0.05, 0.1) is 12.3 Å². The minimum Gasteiger partial charge on any atom is -0.369 e. The van der Waals surface area contributed by atoms with Crippen LogP contribution in [0.1, 0.15) is 38.5 Å². The lowest BCUT2D eigenvalue weighted by Crippen LogP contribution is -2.44. The molecule has 0 spiro atoms. The van der Waals surface area contributed by atoms with E-state index < -0.39 is 0 Å². The summed E-state index contributed by atoms with van der Waals surface area (Å²) in [5, 5.41) is 6.98. The number of rotatable bonds is 4. The van der Waals surface area contributed by atoms with Crippen molar-refractivity contribution in [2.45, 2.75) is 38.8 Å². The third kappa shape index (κ3) is 2.44. The zero-order valence-electron chi connectivity index (χ0n) is 10.1. The monoisotopic (exact) mass is 223 g/mol. The van der Waals surface area contributed by atoms with Gasteiger partial charge in [0.15, 0.2) is 0 Å². The molecule has 0 aromatic carbocycles. The Morgan fingerprint density at radius 1 is 1.56 bits per heavy atom. The molecular weight excluding hydrogens is 202 g/mol. The average molecular weight is 223 g/mol. The maximum atomic E-state index is 5.78. The summed E-state index contributed by atoms with van der Waals surface area (Å²) < 4.78 is 5.78. The SMILES string of the molecule is CCC(CC)N1CCOC(c2ccn[nH]2)C1. The molecule has 0 bridgehead atoms. The van der Waals surface area contributed by atoms with Crippen molar-refractivity contribution in [2.24, 2.45) is 0 Å². The van der Waals surface area contributed by atoms with Crippen molar-refractivity contribution in [3.63, 3.8) is 0 Å². The number of ether oxygens (including phenoxy) is 1. The summed E-state index contributed by atoms with van der Waals surface area (Å²) in [6.07, 6.45) is 4.38. The Labute approximate surface area is 97.0 Å². The molecule has 2 rings (SSSR count). The van der Waals surface area contributed by atoms with Crippen molar-refractivity contribution in [2.75, 3.05) is 19.7 Å². The van der Waals surface area contributed by atoms with E-state index in [1.807, 2.05) is 6.07 Å². The summed E-state index contributed by atoms with van der Waals surface area (Å²) in [4.78, 5) is 2.54. The van der Waals surface area contributed by atoms with Crippen LogP contribution in [-0.4, -0.2) is 40.8 Å². The number of morpholine rings is 1. The molecule has 2 heterocycles. The van der Waals surface area contributed by atoms with E-state index in [1.165, 1.54) is 12.8 Å². The molecule has 0 radical (unpaired) electrons. The highest BCUT2D eigenvalue weighted by atomic mass is 16.5. The molecule has 4 heteroatoms. The number of nitrogens with zero attached hydrogens (tertiary/aromatic N) is 2. The lowest BCUT2D eigenvalue weighted by molar-refractivity contribution is -0.0479. The zero-order chi connectivity index (χ0) is 11.4. The minimum absolute atomic E-state index is 0.164. The normalized spacial score (nSPS) is 22.8. The fourth-order valence-corrected chi connectivity index (χ4v) is 2.44. The Hall–Kier alpha value is -0.870. The quantitative estimate of drug-likeness (QED) is 0.848. The van der Waals surface area contributed by atoms with Gasteiger partial charge in [-0.15, -0.1) is 0 Å². The highest BCUT2D eigenvalue weighted by Gasteiger charge is 2.26. The fraction of sp³-hybridized carbons (Fsp3) is 0.750. The van der Waals surface area contributed by atoms with Crippen molar-refractivity contribution >= 4 is 0 Å². The van der Waals surface area contributed by atoms with Crippen LogP contribution < -0.4 is 0 Å². The van der Waals surface area contributed by atoms with Gasteiger partial charge >= 0.3 is 0 Å². The summed E-state index contributed by atoms with van der Waals surface area (Å²) in [6, 6.07) is 2.69. The Balaban J connectivity index is 1.98. The standard InChI is InChI=1S/C12H21N3O/c1-3-10(4-2)15-7-8-16-12(9-15)11-5-6-13-14-11/h5-6,10,12H,3-4,7-9H2,1-2H3,(H,13,14). The van der Waals surface area contributed by atoms with Crippen LogP contribution in [-0.2, 0) is 4.74 Å². The summed E-state index contributed by atoms with van der Waals surface area (Å²) in [6.45, 7) is 7.37. The summed E-state index contributed by atoms with van der Waals surface area (Å²) >= 11 is 0. The molecule has 4 nitrogen and oxygen atoms in total. The first-order valence-corrected chi connectivity index (χ1v) is 6.20. The molecule has 1 aliphatic heterocycles. The van der Waals surface area contributed by atoms with Gasteiger partial charge < -0.3 is 4.74 Å². The van der Waals surface area contributed by atoms with Gasteiger partial charge in [-0.3, -0.25) is 10.00 Å². The smallest absolute Gasteiger partial charge is 0.112 e. The van der Waals surface area contributed by atoms with Crippen LogP contribution in [0.25, 0.3) is 0 Å². The van der Waals surface area contributed by atoms with Gasteiger partial charge in [-0.05, 0) is 18.9 Å². The van der Waals surface area contributed by atoms with Gasteiger partial charge in [-0.2, -0.15) is 5.10 Å². The van der Waals surface area contributed by atoms with Crippen LogP contribution in [0.3, 0.4) is 0 Å². The zero-order valence-corrected chi connectivity index (χ0v) is 10.1. The molecule has 1 unspecified atom stereocenters. The van der Waals surface area contributed by atoms with Crippen LogP contribution in [0.15, 0.2) is 12.3 Å². The van der Waals surface area contributed by atoms with Gasteiger partial charge in [0.25, 0.3) is 0 Å². The van der Waals surface area contributed by atoms with E-state index >= 15 is 0 Å². The van der Waals surface area contributed by atoms with Gasteiger partial charge in [0.1, 0.15) is 6.10 Å². The minimum atomic E-state index is 0.164. The maximum Gasteiger partial charge on any atom is 0.112 e. The molecule has 1 fully saturated rings. The molecule has 1 saturated heterocycles. The second kappa shape index (κ2) is 5.46. The van der Waals surface area contributed by atoms with Crippen LogP contribution in [0, 0.1) is 0 Å². The summed E-state index contributed by atoms with van der Waals surface area (Å²) in [7, 11) is 0. The second-order valence-corrected chi connectivity index (χ2v) is 4.34. The van der Waals surface area contributed by atoms with Crippen molar-refractivity contribution in [3.8, 4) is 0 Å². The highest BCUT2D eigenvalue weighted by molar-refractivity contribution is 5.04. The van der Waals surface area contributed by atoms with E-state index in [1.54, 1.807) is 6.20 Å². The molecule has 90 valence electrons.